The van der Waals surface area contributed by atoms with Crippen molar-refractivity contribution in [3.05, 3.63) is 96.5 Å². The molecule has 0 fully saturated rings. The molecular formula is C21H16FN5O. The van der Waals surface area contributed by atoms with Crippen LogP contribution in [0.1, 0.15) is 16.2 Å². The van der Waals surface area contributed by atoms with E-state index in [1.807, 2.05) is 30.3 Å². The Kier molecular flexibility index (Phi) is 4.88. The number of amides is 1. The van der Waals surface area contributed by atoms with E-state index in [0.29, 0.717) is 11.4 Å². The van der Waals surface area contributed by atoms with Crippen molar-refractivity contribution in [3.8, 4) is 16.9 Å². The van der Waals surface area contributed by atoms with E-state index in [-0.39, 0.29) is 24.0 Å². The molecule has 0 aliphatic carbocycles. The van der Waals surface area contributed by atoms with Gasteiger partial charge in [-0.3, -0.25) is 14.8 Å². The molecule has 0 unspecified atom stereocenters. The molecule has 138 valence electrons. The molecule has 3 heterocycles. The number of hydrogen-bond donors (Lipinski definition) is 1. The van der Waals surface area contributed by atoms with Crippen LogP contribution in [0.3, 0.4) is 0 Å². The van der Waals surface area contributed by atoms with Gasteiger partial charge in [-0.25, -0.2) is 9.07 Å². The second-order valence-electron chi connectivity index (χ2n) is 6.05. The molecule has 1 aromatic carbocycles. The molecule has 1 N–H and O–H groups in total. The number of pyridine rings is 2. The van der Waals surface area contributed by atoms with Crippen LogP contribution in [0.25, 0.3) is 16.9 Å². The third-order valence-corrected chi connectivity index (χ3v) is 4.13. The van der Waals surface area contributed by atoms with E-state index in [1.54, 1.807) is 41.5 Å². The summed E-state index contributed by atoms with van der Waals surface area (Å²) in [7, 11) is 0. The molecule has 0 saturated heterocycles. The topological polar surface area (TPSA) is 72.7 Å². The lowest BCUT2D eigenvalue weighted by Gasteiger charge is -2.07. The predicted molar refractivity (Wildman–Crippen MR) is 102 cm³/mol. The molecule has 4 rings (SSSR count). The molecule has 0 aliphatic heterocycles. The molecule has 0 atom stereocenters. The third kappa shape index (κ3) is 3.78. The van der Waals surface area contributed by atoms with Gasteiger partial charge in [-0.1, -0.05) is 12.1 Å². The van der Waals surface area contributed by atoms with E-state index in [4.69, 9.17) is 0 Å². The van der Waals surface area contributed by atoms with Gasteiger partial charge >= 0.3 is 0 Å². The Hall–Kier alpha value is -3.87. The van der Waals surface area contributed by atoms with Crippen LogP contribution in [0.15, 0.2) is 79.3 Å². The molecule has 28 heavy (non-hydrogen) atoms. The first kappa shape index (κ1) is 17.5. The van der Waals surface area contributed by atoms with Gasteiger partial charge in [0, 0.05) is 24.2 Å². The molecule has 3 aromatic heterocycles. The van der Waals surface area contributed by atoms with E-state index in [0.717, 1.165) is 11.3 Å². The molecule has 0 bridgehead atoms. The first-order chi connectivity index (χ1) is 13.7. The summed E-state index contributed by atoms with van der Waals surface area (Å²) in [6.07, 6.45) is 4.97. The fourth-order valence-corrected chi connectivity index (χ4v) is 2.79. The number of carbonyl (C=O) groups is 1. The lowest BCUT2D eigenvalue weighted by Crippen LogP contribution is -2.23. The monoisotopic (exact) mass is 373 g/mol. The number of nitrogens with one attached hydrogen (secondary N) is 1. The van der Waals surface area contributed by atoms with Gasteiger partial charge in [-0.2, -0.15) is 5.10 Å². The van der Waals surface area contributed by atoms with Gasteiger partial charge in [0.1, 0.15) is 5.82 Å². The maximum absolute atomic E-state index is 13.7. The van der Waals surface area contributed by atoms with Crippen molar-refractivity contribution in [1.29, 1.82) is 0 Å². The SMILES string of the molecule is O=C(NCc1ccccn1)c1cc(-c2ccncc2)n(-c2cccc(F)c2)n1. The highest BCUT2D eigenvalue weighted by atomic mass is 19.1. The highest BCUT2D eigenvalue weighted by Gasteiger charge is 2.17. The number of halogens is 1. The van der Waals surface area contributed by atoms with Crippen molar-refractivity contribution in [3.63, 3.8) is 0 Å². The minimum atomic E-state index is -0.380. The van der Waals surface area contributed by atoms with Crippen molar-refractivity contribution in [2.75, 3.05) is 0 Å². The third-order valence-electron chi connectivity index (χ3n) is 4.13. The molecule has 0 saturated carbocycles. The van der Waals surface area contributed by atoms with Crippen LogP contribution in [-0.2, 0) is 6.54 Å². The smallest absolute Gasteiger partial charge is 0.272 e. The number of carbonyl (C=O) groups excluding carboxylic acids is 1. The van der Waals surface area contributed by atoms with Crippen molar-refractivity contribution < 1.29 is 9.18 Å². The van der Waals surface area contributed by atoms with Crippen molar-refractivity contribution in [2.24, 2.45) is 0 Å². The van der Waals surface area contributed by atoms with E-state index < -0.39 is 0 Å². The van der Waals surface area contributed by atoms with E-state index >= 15 is 0 Å². The van der Waals surface area contributed by atoms with Gasteiger partial charge in [-0.05, 0) is 48.5 Å². The number of benzene rings is 1. The van der Waals surface area contributed by atoms with Crippen LogP contribution in [0.2, 0.25) is 0 Å². The summed E-state index contributed by atoms with van der Waals surface area (Å²) in [5, 5.41) is 7.21. The fraction of sp³-hybridized carbons (Fsp3) is 0.0476. The first-order valence-corrected chi connectivity index (χ1v) is 8.65. The molecule has 0 aliphatic rings. The van der Waals surface area contributed by atoms with E-state index in [1.165, 1.54) is 12.1 Å². The van der Waals surface area contributed by atoms with Gasteiger partial charge in [0.25, 0.3) is 5.91 Å². The lowest BCUT2D eigenvalue weighted by molar-refractivity contribution is 0.0945. The number of aromatic nitrogens is 4. The molecule has 1 amide bonds. The van der Waals surface area contributed by atoms with Crippen molar-refractivity contribution in [2.45, 2.75) is 6.54 Å². The van der Waals surface area contributed by atoms with Crippen LogP contribution < -0.4 is 5.32 Å². The maximum atomic E-state index is 13.7. The summed E-state index contributed by atoms with van der Waals surface area (Å²) in [5.41, 5.74) is 2.98. The summed E-state index contributed by atoms with van der Waals surface area (Å²) in [6.45, 7) is 0.289. The van der Waals surface area contributed by atoms with Crippen molar-refractivity contribution in [1.82, 2.24) is 25.1 Å². The maximum Gasteiger partial charge on any atom is 0.272 e. The zero-order chi connectivity index (χ0) is 19.3. The largest absolute Gasteiger partial charge is 0.345 e. The Bertz CT molecular complexity index is 1100. The van der Waals surface area contributed by atoms with E-state index in [2.05, 4.69) is 20.4 Å². The molecular weight excluding hydrogens is 357 g/mol. The van der Waals surface area contributed by atoms with E-state index in [9.17, 15) is 9.18 Å². The van der Waals surface area contributed by atoms with Crippen LogP contribution in [-0.4, -0.2) is 25.7 Å². The quantitative estimate of drug-likeness (QED) is 0.582. The zero-order valence-electron chi connectivity index (χ0n) is 14.8. The van der Waals surface area contributed by atoms with Gasteiger partial charge < -0.3 is 5.32 Å². The van der Waals surface area contributed by atoms with Gasteiger partial charge in [-0.15, -0.1) is 0 Å². The molecule has 4 aromatic rings. The molecule has 0 radical (unpaired) electrons. The predicted octanol–water partition coefficient (Wildman–Crippen LogP) is 3.40. The highest BCUT2D eigenvalue weighted by Crippen LogP contribution is 2.24. The summed E-state index contributed by atoms with van der Waals surface area (Å²) in [6, 6.07) is 16.8. The van der Waals surface area contributed by atoms with Crippen LogP contribution in [0.4, 0.5) is 4.39 Å². The van der Waals surface area contributed by atoms with Crippen LogP contribution in [0.5, 0.6) is 0 Å². The van der Waals surface area contributed by atoms with Crippen molar-refractivity contribution >= 4 is 5.91 Å². The second-order valence-corrected chi connectivity index (χ2v) is 6.05. The Morgan fingerprint density at radius 1 is 1.00 bits per heavy atom. The molecule has 7 heteroatoms. The van der Waals surface area contributed by atoms with Gasteiger partial charge in [0.2, 0.25) is 0 Å². The second kappa shape index (κ2) is 7.79. The average Bonchev–Trinajstić information content (AvgIpc) is 3.19. The summed E-state index contributed by atoms with van der Waals surface area (Å²) in [4.78, 5) is 20.8. The zero-order valence-corrected chi connectivity index (χ0v) is 14.8. The average molecular weight is 373 g/mol. The van der Waals surface area contributed by atoms with Crippen LogP contribution >= 0.6 is 0 Å². The standard InChI is InChI=1S/C21H16FN5O/c22-16-4-3-6-18(12-16)27-20(15-7-10-23-11-8-15)13-19(26-27)21(28)25-14-17-5-1-2-9-24-17/h1-13H,14H2,(H,25,28). The Morgan fingerprint density at radius 3 is 2.61 bits per heavy atom. The highest BCUT2D eigenvalue weighted by molar-refractivity contribution is 5.93. The first-order valence-electron chi connectivity index (χ1n) is 8.65. The number of hydrogen-bond acceptors (Lipinski definition) is 4. The Labute approximate surface area is 160 Å². The lowest BCUT2D eigenvalue weighted by atomic mass is 10.2. The Balaban J connectivity index is 1.68. The number of rotatable bonds is 5. The molecule has 6 nitrogen and oxygen atoms in total. The van der Waals surface area contributed by atoms with Gasteiger partial charge in [0.15, 0.2) is 5.69 Å². The molecule has 0 spiro atoms. The summed E-state index contributed by atoms with van der Waals surface area (Å²) in [5.74, 6) is -0.717. The normalized spacial score (nSPS) is 10.6. The Morgan fingerprint density at radius 2 is 1.86 bits per heavy atom. The minimum Gasteiger partial charge on any atom is -0.345 e. The van der Waals surface area contributed by atoms with Crippen LogP contribution in [0, 0.1) is 5.82 Å². The summed E-state index contributed by atoms with van der Waals surface area (Å²) < 4.78 is 15.3. The van der Waals surface area contributed by atoms with Gasteiger partial charge in [0.05, 0.1) is 23.6 Å². The number of nitrogens with zero attached hydrogens (tertiary/aromatic N) is 4. The summed E-state index contributed by atoms with van der Waals surface area (Å²) >= 11 is 0. The fourth-order valence-electron chi connectivity index (χ4n) is 2.79. The minimum absolute atomic E-state index is 0.229.